The van der Waals surface area contributed by atoms with Crippen LogP contribution in [0.1, 0.15) is 36.5 Å². The number of ether oxygens (including phenoxy) is 1. The Labute approximate surface area is 220 Å². The van der Waals surface area contributed by atoms with Crippen LogP contribution in [0.25, 0.3) is 5.76 Å². The van der Waals surface area contributed by atoms with Gasteiger partial charge in [0.15, 0.2) is 11.4 Å². The summed E-state index contributed by atoms with van der Waals surface area (Å²) in [6.07, 6.45) is 1.05. The first-order chi connectivity index (χ1) is 17.8. The molecule has 1 fully saturated rings. The van der Waals surface area contributed by atoms with Crippen LogP contribution in [0, 0.1) is 11.8 Å². The molecule has 11 heteroatoms. The van der Waals surface area contributed by atoms with E-state index in [1.54, 1.807) is 20.2 Å². The number of likely N-dealkylation sites (N-methyl/N-ethyl adjacent to an activating group) is 1. The van der Waals surface area contributed by atoms with Gasteiger partial charge in [0.25, 0.3) is 5.91 Å². The zero-order valence-corrected chi connectivity index (χ0v) is 22.2. The molecule has 206 valence electrons. The number of aliphatic hydroxyl groups is 3. The molecule has 0 radical (unpaired) electrons. The summed E-state index contributed by atoms with van der Waals surface area (Å²) < 4.78 is 5.62. The number of phenols is 1. The van der Waals surface area contributed by atoms with Gasteiger partial charge >= 0.3 is 0 Å². The average molecular weight is 530 g/mol. The van der Waals surface area contributed by atoms with Crippen LogP contribution >= 0.6 is 0 Å². The summed E-state index contributed by atoms with van der Waals surface area (Å²) in [5.41, 5.74) is 3.49. The number of rotatable bonds is 7. The van der Waals surface area contributed by atoms with Crippen molar-refractivity contribution >= 4 is 28.9 Å². The van der Waals surface area contributed by atoms with E-state index in [0.717, 1.165) is 12.1 Å². The Balaban J connectivity index is 1.95. The van der Waals surface area contributed by atoms with E-state index >= 15 is 0 Å². The van der Waals surface area contributed by atoms with Gasteiger partial charge in [-0.05, 0) is 50.9 Å². The summed E-state index contributed by atoms with van der Waals surface area (Å²) in [5.74, 6) is -6.67. The fraction of sp³-hybridized carbons (Fsp3) is 0.519. The van der Waals surface area contributed by atoms with Gasteiger partial charge in [-0.1, -0.05) is 6.92 Å². The summed E-state index contributed by atoms with van der Waals surface area (Å²) >= 11 is 0. The third-order valence-corrected chi connectivity index (χ3v) is 7.86. The van der Waals surface area contributed by atoms with Gasteiger partial charge in [0.2, 0.25) is 5.78 Å². The number of hydrogen-bond acceptors (Lipinski definition) is 10. The lowest BCUT2D eigenvalue weighted by atomic mass is 9.57. The number of Topliss-reactive ketones (excluding diaryl/α,β-unsaturated/α-hetero) is 2. The lowest BCUT2D eigenvalue weighted by molar-refractivity contribution is -0.153. The minimum absolute atomic E-state index is 0.0424. The van der Waals surface area contributed by atoms with E-state index in [-0.39, 0.29) is 36.3 Å². The van der Waals surface area contributed by atoms with E-state index in [0.29, 0.717) is 17.7 Å². The second-order valence-electron chi connectivity index (χ2n) is 10.7. The van der Waals surface area contributed by atoms with Gasteiger partial charge in [0.05, 0.1) is 18.2 Å². The summed E-state index contributed by atoms with van der Waals surface area (Å²) in [4.78, 5) is 42.6. The molecule has 0 heterocycles. The van der Waals surface area contributed by atoms with Gasteiger partial charge in [0.1, 0.15) is 22.8 Å². The van der Waals surface area contributed by atoms with Gasteiger partial charge in [0, 0.05) is 43.4 Å². The number of aliphatic hydroxyl groups excluding tert-OH is 2. The van der Waals surface area contributed by atoms with Crippen molar-refractivity contribution < 1.29 is 39.5 Å². The summed E-state index contributed by atoms with van der Waals surface area (Å²) in [6, 6.07) is 0.663. The molecule has 0 aromatic heterocycles. The Bertz CT molecular complexity index is 1280. The lowest BCUT2D eigenvalue weighted by Crippen LogP contribution is -2.65. The van der Waals surface area contributed by atoms with Crippen molar-refractivity contribution in [2.24, 2.45) is 17.6 Å². The molecular weight excluding hydrogens is 494 g/mol. The fourth-order valence-corrected chi connectivity index (χ4v) is 6.18. The van der Waals surface area contributed by atoms with Gasteiger partial charge in [-0.15, -0.1) is 0 Å². The highest BCUT2D eigenvalue weighted by molar-refractivity contribution is 6.24. The number of primary amides is 1. The number of nitrogens with two attached hydrogens (primary N) is 1. The first-order valence-electron chi connectivity index (χ1n) is 12.6. The predicted molar refractivity (Wildman–Crippen MR) is 139 cm³/mol. The Morgan fingerprint density at radius 1 is 1.18 bits per heavy atom. The number of anilines is 1. The van der Waals surface area contributed by atoms with Crippen LogP contribution < -0.4 is 10.6 Å². The van der Waals surface area contributed by atoms with Crippen LogP contribution in [0.3, 0.4) is 0 Å². The molecule has 0 aliphatic heterocycles. The number of carbonyl (C=O) groups excluding carboxylic acids is 3. The van der Waals surface area contributed by atoms with Crippen LogP contribution in [0.4, 0.5) is 5.69 Å². The number of ketones is 2. The second kappa shape index (κ2) is 9.72. The maximum absolute atomic E-state index is 14.0. The largest absolute Gasteiger partial charge is 0.508 e. The highest BCUT2D eigenvalue weighted by atomic mass is 16.5. The van der Waals surface area contributed by atoms with Crippen molar-refractivity contribution in [3.63, 3.8) is 0 Å². The van der Waals surface area contributed by atoms with Crippen molar-refractivity contribution in [2.75, 3.05) is 39.7 Å². The standard InChI is InChI=1S/C27H35N3O8/c1-6-7-38-11-13-10-16(29(2)3)14-8-12-9-15-20(30(4)5)23(33)19(26(28)36)25(35)27(15,37)24(34)17(12)22(32)18(14)21(13)31/h10,12,15,20,31-32,35,37H,6-9,11H2,1-5H3,(H2,28,36)/t12-,15-,20-,27-/m0/s1. The van der Waals surface area contributed by atoms with Crippen molar-refractivity contribution in [3.8, 4) is 5.75 Å². The number of hydrogen-bond donors (Lipinski definition) is 5. The second-order valence-corrected chi connectivity index (χ2v) is 10.7. The zero-order valence-electron chi connectivity index (χ0n) is 22.2. The monoisotopic (exact) mass is 529 g/mol. The molecule has 6 N–H and O–H groups in total. The molecule has 4 rings (SSSR count). The maximum Gasteiger partial charge on any atom is 0.255 e. The maximum atomic E-state index is 14.0. The van der Waals surface area contributed by atoms with Gasteiger partial charge < -0.3 is 35.8 Å². The van der Waals surface area contributed by atoms with E-state index in [9.17, 15) is 34.8 Å². The van der Waals surface area contributed by atoms with Gasteiger partial charge in [-0.3, -0.25) is 19.3 Å². The summed E-state index contributed by atoms with van der Waals surface area (Å²) in [6.45, 7) is 2.50. The van der Waals surface area contributed by atoms with Crippen LogP contribution in [0.2, 0.25) is 0 Å². The molecule has 0 spiro atoms. The molecule has 1 aromatic rings. The van der Waals surface area contributed by atoms with Gasteiger partial charge in [-0.2, -0.15) is 0 Å². The normalized spacial score (nSPS) is 26.9. The number of fused-ring (bicyclic) bond motifs is 3. The van der Waals surface area contributed by atoms with E-state index < -0.39 is 58.0 Å². The van der Waals surface area contributed by atoms with E-state index in [4.69, 9.17) is 10.5 Å². The molecule has 1 saturated carbocycles. The molecule has 3 aliphatic carbocycles. The smallest absolute Gasteiger partial charge is 0.255 e. The Morgan fingerprint density at radius 2 is 1.84 bits per heavy atom. The topological polar surface area (TPSA) is 174 Å². The quantitative estimate of drug-likeness (QED) is 0.253. The zero-order chi connectivity index (χ0) is 28.3. The molecule has 3 aliphatic rings. The number of nitrogens with zero attached hydrogens (tertiary/aromatic N) is 2. The minimum Gasteiger partial charge on any atom is -0.508 e. The average Bonchev–Trinajstić information content (AvgIpc) is 2.82. The minimum atomic E-state index is -2.66. The molecule has 0 unspecified atom stereocenters. The highest BCUT2D eigenvalue weighted by Crippen LogP contribution is 2.54. The van der Waals surface area contributed by atoms with Crippen LogP contribution in [-0.2, 0) is 32.1 Å². The molecule has 11 nitrogen and oxygen atoms in total. The van der Waals surface area contributed by atoms with E-state index in [1.807, 2.05) is 25.9 Å². The van der Waals surface area contributed by atoms with Crippen molar-refractivity contribution in [1.82, 2.24) is 4.90 Å². The molecule has 1 amide bonds. The van der Waals surface area contributed by atoms with Crippen molar-refractivity contribution in [2.45, 2.75) is 44.4 Å². The Hall–Kier alpha value is -3.41. The highest BCUT2D eigenvalue weighted by Gasteiger charge is 2.64. The number of phenolic OH excluding ortho intramolecular Hbond substituents is 1. The molecular formula is C27H35N3O8. The number of aromatic hydroxyl groups is 1. The summed E-state index contributed by atoms with van der Waals surface area (Å²) in [5, 5.41) is 45.3. The van der Waals surface area contributed by atoms with E-state index in [1.165, 1.54) is 4.90 Å². The third kappa shape index (κ3) is 3.88. The van der Waals surface area contributed by atoms with Crippen LogP contribution in [0.15, 0.2) is 23.0 Å². The molecule has 0 bridgehead atoms. The fourth-order valence-electron chi connectivity index (χ4n) is 6.18. The molecule has 0 saturated heterocycles. The third-order valence-electron chi connectivity index (χ3n) is 7.86. The number of benzene rings is 1. The molecule has 38 heavy (non-hydrogen) atoms. The van der Waals surface area contributed by atoms with Crippen molar-refractivity contribution in [1.29, 1.82) is 0 Å². The summed E-state index contributed by atoms with van der Waals surface area (Å²) in [7, 11) is 6.77. The van der Waals surface area contributed by atoms with Crippen molar-refractivity contribution in [3.05, 3.63) is 39.7 Å². The SMILES string of the molecule is CCCOCc1cc(N(C)C)c2c(c1O)C(O)=C1C(=O)[C@]3(O)C(O)=C(C(N)=O)C(=O)[C@@H](N(C)C)[C@@H]3C[C@@H]1C2. The first kappa shape index (κ1) is 27.6. The Kier molecular flexibility index (Phi) is 7.06. The van der Waals surface area contributed by atoms with E-state index in [2.05, 4.69) is 0 Å². The first-order valence-corrected chi connectivity index (χ1v) is 12.6. The number of amides is 1. The number of carbonyl (C=O) groups is 3. The molecule has 4 atom stereocenters. The Morgan fingerprint density at radius 3 is 2.39 bits per heavy atom. The van der Waals surface area contributed by atoms with Crippen LogP contribution in [0.5, 0.6) is 5.75 Å². The molecule has 1 aromatic carbocycles. The lowest BCUT2D eigenvalue weighted by Gasteiger charge is -2.50. The van der Waals surface area contributed by atoms with Crippen LogP contribution in [-0.4, -0.2) is 89.2 Å². The predicted octanol–water partition coefficient (Wildman–Crippen LogP) is 0.957. The van der Waals surface area contributed by atoms with Gasteiger partial charge in [-0.25, -0.2) is 0 Å².